The Morgan fingerprint density at radius 1 is 1.03 bits per heavy atom. The molecule has 0 saturated carbocycles. The fraction of sp³-hybridized carbons (Fsp3) is 0. The lowest BCUT2D eigenvalue weighted by atomic mass is 10.1. The summed E-state index contributed by atoms with van der Waals surface area (Å²) in [5.74, 6) is 0.252. The molecule has 0 unspecified atom stereocenters. The van der Waals surface area contributed by atoms with Crippen molar-refractivity contribution in [1.29, 1.82) is 0 Å². The molecule has 30 heavy (non-hydrogen) atoms. The quantitative estimate of drug-likeness (QED) is 0.341. The molecular formula is C22H14BrN3O4. The van der Waals surface area contributed by atoms with Gasteiger partial charge in [0, 0.05) is 16.1 Å². The summed E-state index contributed by atoms with van der Waals surface area (Å²) in [7, 11) is 0. The van der Waals surface area contributed by atoms with Crippen LogP contribution in [-0.2, 0) is 0 Å². The molecule has 1 N–H and O–H groups in total. The SMILES string of the molecule is O=c1c2ccccc2nc(/C=C/c2cc(Br)ccc2O)n1-c1ccccc1[N+](=O)[O-]. The van der Waals surface area contributed by atoms with E-state index in [2.05, 4.69) is 20.9 Å². The number of aromatic nitrogens is 2. The number of aromatic hydroxyl groups is 1. The zero-order valence-corrected chi connectivity index (χ0v) is 17.0. The number of hydrogen-bond acceptors (Lipinski definition) is 5. The average Bonchev–Trinajstić information content (AvgIpc) is 2.74. The molecule has 1 aromatic heterocycles. The van der Waals surface area contributed by atoms with Crippen LogP contribution in [-0.4, -0.2) is 19.6 Å². The molecule has 0 spiro atoms. The van der Waals surface area contributed by atoms with E-state index in [9.17, 15) is 20.0 Å². The first-order chi connectivity index (χ1) is 14.5. The van der Waals surface area contributed by atoms with Gasteiger partial charge >= 0.3 is 0 Å². The maximum absolute atomic E-state index is 13.3. The van der Waals surface area contributed by atoms with Gasteiger partial charge in [-0.25, -0.2) is 4.98 Å². The van der Waals surface area contributed by atoms with E-state index < -0.39 is 10.5 Å². The lowest BCUT2D eigenvalue weighted by molar-refractivity contribution is -0.384. The molecule has 8 heteroatoms. The van der Waals surface area contributed by atoms with Crippen LogP contribution in [0.25, 0.3) is 28.7 Å². The van der Waals surface area contributed by atoms with Crippen LogP contribution in [0, 0.1) is 10.1 Å². The number of benzene rings is 3. The number of para-hydroxylation sites is 3. The molecule has 0 radical (unpaired) electrons. The van der Waals surface area contributed by atoms with Crippen molar-refractivity contribution in [2.75, 3.05) is 0 Å². The van der Waals surface area contributed by atoms with Crippen molar-refractivity contribution >= 4 is 44.7 Å². The van der Waals surface area contributed by atoms with Crippen molar-refractivity contribution in [2.24, 2.45) is 0 Å². The first-order valence-electron chi connectivity index (χ1n) is 8.88. The molecule has 4 aromatic rings. The largest absolute Gasteiger partial charge is 0.507 e. The maximum Gasteiger partial charge on any atom is 0.293 e. The summed E-state index contributed by atoms with van der Waals surface area (Å²) >= 11 is 3.35. The molecule has 0 aliphatic carbocycles. The van der Waals surface area contributed by atoms with Gasteiger partial charge in [-0.3, -0.25) is 19.5 Å². The Kier molecular flexibility index (Phi) is 5.16. The summed E-state index contributed by atoms with van der Waals surface area (Å²) < 4.78 is 1.98. The lowest BCUT2D eigenvalue weighted by Gasteiger charge is -2.11. The molecule has 0 saturated heterocycles. The number of halogens is 1. The summed E-state index contributed by atoms with van der Waals surface area (Å²) in [5.41, 5.74) is 0.449. The molecule has 4 rings (SSSR count). The Labute approximate surface area is 178 Å². The predicted octanol–water partition coefficient (Wildman–Crippen LogP) is 4.93. The monoisotopic (exact) mass is 463 g/mol. The van der Waals surface area contributed by atoms with Gasteiger partial charge in [-0.2, -0.15) is 0 Å². The third-order valence-corrected chi connectivity index (χ3v) is 5.02. The molecule has 3 aromatic carbocycles. The highest BCUT2D eigenvalue weighted by molar-refractivity contribution is 9.10. The van der Waals surface area contributed by atoms with Gasteiger partial charge in [-0.1, -0.05) is 40.2 Å². The zero-order valence-electron chi connectivity index (χ0n) is 15.4. The molecule has 0 atom stereocenters. The summed E-state index contributed by atoms with van der Waals surface area (Å²) in [5, 5.41) is 22.0. The Bertz CT molecular complexity index is 1380. The molecule has 148 valence electrons. The minimum atomic E-state index is -0.537. The summed E-state index contributed by atoms with van der Waals surface area (Å²) in [6, 6.07) is 17.7. The van der Waals surface area contributed by atoms with Crippen LogP contribution >= 0.6 is 15.9 Å². The van der Waals surface area contributed by atoms with E-state index in [0.29, 0.717) is 16.5 Å². The molecule has 0 aliphatic rings. The van der Waals surface area contributed by atoms with Crippen LogP contribution in [0.15, 0.2) is 76.0 Å². The predicted molar refractivity (Wildman–Crippen MR) is 119 cm³/mol. The van der Waals surface area contributed by atoms with E-state index in [1.165, 1.54) is 28.8 Å². The van der Waals surface area contributed by atoms with Crippen LogP contribution in [0.4, 0.5) is 5.69 Å². The van der Waals surface area contributed by atoms with Crippen molar-refractivity contribution in [3.63, 3.8) is 0 Å². The summed E-state index contributed by atoms with van der Waals surface area (Å²) in [6.07, 6.45) is 3.15. The van der Waals surface area contributed by atoms with Crippen molar-refractivity contribution in [3.8, 4) is 11.4 Å². The van der Waals surface area contributed by atoms with Gasteiger partial charge in [0.25, 0.3) is 11.2 Å². The second-order valence-corrected chi connectivity index (χ2v) is 7.33. The van der Waals surface area contributed by atoms with E-state index in [4.69, 9.17) is 0 Å². The van der Waals surface area contributed by atoms with Gasteiger partial charge in [0.05, 0.1) is 15.8 Å². The highest BCUT2D eigenvalue weighted by Crippen LogP contribution is 2.26. The van der Waals surface area contributed by atoms with Gasteiger partial charge in [-0.15, -0.1) is 0 Å². The molecule has 7 nitrogen and oxygen atoms in total. The van der Waals surface area contributed by atoms with Crippen molar-refractivity contribution in [3.05, 3.63) is 103 Å². The van der Waals surface area contributed by atoms with E-state index >= 15 is 0 Å². The van der Waals surface area contributed by atoms with Gasteiger partial charge in [0.15, 0.2) is 0 Å². The van der Waals surface area contributed by atoms with Gasteiger partial charge in [0.1, 0.15) is 17.3 Å². The van der Waals surface area contributed by atoms with Crippen LogP contribution in [0.1, 0.15) is 11.4 Å². The smallest absolute Gasteiger partial charge is 0.293 e. The molecular weight excluding hydrogens is 450 g/mol. The standard InChI is InChI=1S/C22H14BrN3O4/c23-15-10-11-20(27)14(13-15)9-12-21-24-17-6-2-1-5-16(17)22(28)25(21)18-7-3-4-8-19(18)26(29)30/h1-13,27H/b12-9+. The average molecular weight is 464 g/mol. The molecule has 1 heterocycles. The molecule has 0 bridgehead atoms. The third-order valence-electron chi connectivity index (χ3n) is 4.52. The molecule has 0 amide bonds. The lowest BCUT2D eigenvalue weighted by Crippen LogP contribution is -2.23. The van der Waals surface area contributed by atoms with E-state index in [1.807, 2.05) is 0 Å². The Morgan fingerprint density at radius 3 is 2.57 bits per heavy atom. The number of hydrogen-bond donors (Lipinski definition) is 1. The highest BCUT2D eigenvalue weighted by atomic mass is 79.9. The van der Waals surface area contributed by atoms with Gasteiger partial charge < -0.3 is 5.11 Å². The fourth-order valence-corrected chi connectivity index (χ4v) is 3.50. The Hall–Kier alpha value is -3.78. The van der Waals surface area contributed by atoms with Crippen LogP contribution in [0.5, 0.6) is 5.75 Å². The maximum atomic E-state index is 13.3. The minimum Gasteiger partial charge on any atom is -0.507 e. The van der Waals surface area contributed by atoms with Crippen LogP contribution in [0.2, 0.25) is 0 Å². The van der Waals surface area contributed by atoms with E-state index in [0.717, 1.165) is 4.47 Å². The third kappa shape index (κ3) is 3.60. The number of phenols is 1. The summed E-state index contributed by atoms with van der Waals surface area (Å²) in [6.45, 7) is 0. The molecule has 0 fully saturated rings. The first-order valence-corrected chi connectivity index (χ1v) is 9.67. The number of nitrogens with zero attached hydrogens (tertiary/aromatic N) is 3. The van der Waals surface area contributed by atoms with Gasteiger partial charge in [0.2, 0.25) is 0 Å². The Morgan fingerprint density at radius 2 is 1.77 bits per heavy atom. The number of nitro benzene ring substituents is 1. The highest BCUT2D eigenvalue weighted by Gasteiger charge is 2.19. The number of nitro groups is 1. The summed E-state index contributed by atoms with van der Waals surface area (Å²) in [4.78, 5) is 28.8. The number of fused-ring (bicyclic) bond motifs is 1. The number of rotatable bonds is 4. The van der Waals surface area contributed by atoms with Crippen LogP contribution in [0.3, 0.4) is 0 Å². The topological polar surface area (TPSA) is 98.3 Å². The van der Waals surface area contributed by atoms with Crippen molar-refractivity contribution < 1.29 is 10.0 Å². The normalized spacial score (nSPS) is 11.2. The zero-order chi connectivity index (χ0) is 21.3. The first kappa shape index (κ1) is 19.5. The van der Waals surface area contributed by atoms with E-state index in [1.54, 1.807) is 54.6 Å². The van der Waals surface area contributed by atoms with Crippen molar-refractivity contribution in [2.45, 2.75) is 0 Å². The number of phenolic OH excluding ortho intramolecular Hbond substituents is 1. The second-order valence-electron chi connectivity index (χ2n) is 6.41. The second kappa shape index (κ2) is 7.92. The Balaban J connectivity index is 2.01. The molecule has 0 aliphatic heterocycles. The fourth-order valence-electron chi connectivity index (χ4n) is 3.13. The van der Waals surface area contributed by atoms with Crippen LogP contribution < -0.4 is 5.56 Å². The van der Waals surface area contributed by atoms with Gasteiger partial charge in [-0.05, 0) is 48.6 Å². The minimum absolute atomic E-state index is 0.0508. The van der Waals surface area contributed by atoms with E-state index in [-0.39, 0.29) is 22.9 Å². The van der Waals surface area contributed by atoms with Crippen molar-refractivity contribution in [1.82, 2.24) is 9.55 Å².